The second kappa shape index (κ2) is 5.79. The number of rotatable bonds is 3. The van der Waals surface area contributed by atoms with Crippen molar-refractivity contribution in [1.82, 2.24) is 5.32 Å². The molecule has 108 valence electrons. The van der Waals surface area contributed by atoms with Gasteiger partial charge in [0.2, 0.25) is 0 Å². The summed E-state index contributed by atoms with van der Waals surface area (Å²) >= 11 is 5.16. The zero-order valence-electron chi connectivity index (χ0n) is 11.6. The van der Waals surface area contributed by atoms with Gasteiger partial charge in [0.1, 0.15) is 5.75 Å². The standard InChI is InChI=1S/C15H20N2O2S/c1-10-5-6-12(18)11(9-10)13(19)17-15(14(16)20)7-3-2-4-8-15/h5-6,9,18H,2-4,7-8H2,1H3,(H2,16,20)(H,17,19). The van der Waals surface area contributed by atoms with Crippen molar-refractivity contribution in [3.8, 4) is 5.75 Å². The number of nitrogens with one attached hydrogen (secondary N) is 1. The number of nitrogens with two attached hydrogens (primary N) is 1. The lowest BCUT2D eigenvalue weighted by Crippen LogP contribution is -2.57. The van der Waals surface area contributed by atoms with E-state index in [4.69, 9.17) is 18.0 Å². The number of phenols is 1. The first kappa shape index (κ1) is 14.8. The molecule has 4 N–H and O–H groups in total. The number of carbonyl (C=O) groups excluding carboxylic acids is 1. The van der Waals surface area contributed by atoms with E-state index < -0.39 is 5.54 Å². The van der Waals surface area contributed by atoms with Gasteiger partial charge in [-0.1, -0.05) is 43.1 Å². The van der Waals surface area contributed by atoms with Gasteiger partial charge < -0.3 is 16.2 Å². The number of hydrogen-bond donors (Lipinski definition) is 3. The molecule has 20 heavy (non-hydrogen) atoms. The first-order valence-corrected chi connectivity index (χ1v) is 7.27. The van der Waals surface area contributed by atoms with Crippen LogP contribution in [0.1, 0.15) is 48.0 Å². The van der Waals surface area contributed by atoms with Crippen molar-refractivity contribution in [2.45, 2.75) is 44.6 Å². The SMILES string of the molecule is Cc1ccc(O)c(C(=O)NC2(C(N)=S)CCCCC2)c1. The van der Waals surface area contributed by atoms with Gasteiger partial charge in [-0.05, 0) is 31.9 Å². The summed E-state index contributed by atoms with van der Waals surface area (Å²) in [5.74, 6) is -0.345. The Morgan fingerprint density at radius 3 is 2.60 bits per heavy atom. The van der Waals surface area contributed by atoms with E-state index >= 15 is 0 Å². The minimum Gasteiger partial charge on any atom is -0.507 e. The third-order valence-corrected chi connectivity index (χ3v) is 4.32. The van der Waals surface area contributed by atoms with E-state index in [2.05, 4.69) is 5.32 Å². The molecule has 0 radical (unpaired) electrons. The summed E-state index contributed by atoms with van der Waals surface area (Å²) in [5, 5.41) is 12.8. The summed E-state index contributed by atoms with van der Waals surface area (Å²) in [6, 6.07) is 4.95. The average molecular weight is 292 g/mol. The quantitative estimate of drug-likeness (QED) is 0.748. The topological polar surface area (TPSA) is 75.3 Å². The van der Waals surface area contributed by atoms with Crippen LogP contribution in [0.2, 0.25) is 0 Å². The fourth-order valence-corrected chi connectivity index (χ4v) is 2.96. The maximum absolute atomic E-state index is 12.4. The van der Waals surface area contributed by atoms with E-state index in [1.165, 1.54) is 6.07 Å². The summed E-state index contributed by atoms with van der Waals surface area (Å²) in [6.07, 6.45) is 4.66. The maximum atomic E-state index is 12.4. The van der Waals surface area contributed by atoms with Crippen molar-refractivity contribution in [1.29, 1.82) is 0 Å². The monoisotopic (exact) mass is 292 g/mol. The van der Waals surface area contributed by atoms with Crippen LogP contribution in [0.5, 0.6) is 5.75 Å². The van der Waals surface area contributed by atoms with Crippen molar-refractivity contribution in [3.05, 3.63) is 29.3 Å². The maximum Gasteiger partial charge on any atom is 0.255 e. The van der Waals surface area contributed by atoms with Crippen LogP contribution in [0.25, 0.3) is 0 Å². The third-order valence-electron chi connectivity index (χ3n) is 3.93. The molecule has 0 aromatic heterocycles. The summed E-state index contributed by atoms with van der Waals surface area (Å²) in [5.41, 5.74) is 6.43. The second-order valence-corrected chi connectivity index (χ2v) is 5.92. The lowest BCUT2D eigenvalue weighted by Gasteiger charge is -2.37. The molecular weight excluding hydrogens is 272 g/mol. The molecule has 1 aromatic carbocycles. The average Bonchev–Trinajstić information content (AvgIpc) is 2.42. The molecule has 0 saturated heterocycles. The summed E-state index contributed by atoms with van der Waals surface area (Å²) < 4.78 is 0. The Bertz CT molecular complexity index is 537. The van der Waals surface area contributed by atoms with Crippen molar-refractivity contribution in [2.24, 2.45) is 5.73 Å². The molecule has 1 aliphatic rings. The molecule has 0 heterocycles. The Balaban J connectivity index is 2.24. The molecule has 1 fully saturated rings. The number of thiocarbonyl (C=S) groups is 1. The zero-order chi connectivity index (χ0) is 14.8. The predicted molar refractivity (Wildman–Crippen MR) is 82.9 cm³/mol. The molecular formula is C15H20N2O2S. The highest BCUT2D eigenvalue weighted by Gasteiger charge is 2.37. The van der Waals surface area contributed by atoms with Crippen LogP contribution in [-0.2, 0) is 0 Å². The van der Waals surface area contributed by atoms with Gasteiger partial charge in [-0.2, -0.15) is 0 Å². The number of amides is 1. The second-order valence-electron chi connectivity index (χ2n) is 5.48. The zero-order valence-corrected chi connectivity index (χ0v) is 12.4. The lowest BCUT2D eigenvalue weighted by molar-refractivity contribution is 0.0905. The Morgan fingerprint density at radius 1 is 1.35 bits per heavy atom. The van der Waals surface area contributed by atoms with Crippen LogP contribution in [0.3, 0.4) is 0 Å². The van der Waals surface area contributed by atoms with Gasteiger partial charge >= 0.3 is 0 Å². The molecule has 0 unspecified atom stereocenters. The summed E-state index contributed by atoms with van der Waals surface area (Å²) in [4.78, 5) is 12.7. The highest BCUT2D eigenvalue weighted by molar-refractivity contribution is 7.80. The van der Waals surface area contributed by atoms with Crippen LogP contribution in [0, 0.1) is 6.92 Å². The fraction of sp³-hybridized carbons (Fsp3) is 0.467. The molecule has 1 saturated carbocycles. The van der Waals surface area contributed by atoms with Gasteiger partial charge in [-0.25, -0.2) is 0 Å². The summed E-state index contributed by atoms with van der Waals surface area (Å²) in [7, 11) is 0. The Labute approximate surface area is 124 Å². The molecule has 0 aliphatic heterocycles. The molecule has 1 aromatic rings. The molecule has 5 heteroatoms. The molecule has 0 spiro atoms. The van der Waals surface area contributed by atoms with E-state index in [0.717, 1.165) is 37.7 Å². The Hall–Kier alpha value is -1.62. The minimum absolute atomic E-state index is 0.0259. The number of carbonyl (C=O) groups is 1. The van der Waals surface area contributed by atoms with Crippen LogP contribution in [0.4, 0.5) is 0 Å². The Kier molecular flexibility index (Phi) is 4.28. The van der Waals surface area contributed by atoms with Gasteiger partial charge in [0, 0.05) is 0 Å². The van der Waals surface area contributed by atoms with Crippen LogP contribution >= 0.6 is 12.2 Å². The van der Waals surface area contributed by atoms with E-state index in [0.29, 0.717) is 4.99 Å². The molecule has 4 nitrogen and oxygen atoms in total. The number of aryl methyl sites for hydroxylation is 1. The van der Waals surface area contributed by atoms with Gasteiger partial charge in [-0.15, -0.1) is 0 Å². The van der Waals surface area contributed by atoms with Crippen LogP contribution in [0.15, 0.2) is 18.2 Å². The van der Waals surface area contributed by atoms with Crippen molar-refractivity contribution in [3.63, 3.8) is 0 Å². The van der Waals surface area contributed by atoms with Crippen molar-refractivity contribution < 1.29 is 9.90 Å². The normalized spacial score (nSPS) is 17.4. The highest BCUT2D eigenvalue weighted by Crippen LogP contribution is 2.29. The number of aromatic hydroxyl groups is 1. The van der Waals surface area contributed by atoms with Crippen LogP contribution < -0.4 is 11.1 Å². The fourth-order valence-electron chi connectivity index (χ4n) is 2.70. The molecule has 1 aliphatic carbocycles. The first-order chi connectivity index (χ1) is 9.44. The molecule has 2 rings (SSSR count). The van der Waals surface area contributed by atoms with Crippen LogP contribution in [-0.4, -0.2) is 21.5 Å². The smallest absolute Gasteiger partial charge is 0.255 e. The van der Waals surface area contributed by atoms with Crippen molar-refractivity contribution in [2.75, 3.05) is 0 Å². The number of hydrogen-bond acceptors (Lipinski definition) is 3. The lowest BCUT2D eigenvalue weighted by atomic mass is 9.81. The van der Waals surface area contributed by atoms with Gasteiger partial charge in [0.05, 0.1) is 16.1 Å². The number of phenolic OH excluding ortho intramolecular Hbond substituents is 1. The van der Waals surface area contributed by atoms with E-state index in [9.17, 15) is 9.90 Å². The molecule has 0 bridgehead atoms. The molecule has 1 amide bonds. The molecule has 0 atom stereocenters. The third kappa shape index (κ3) is 2.93. The van der Waals surface area contributed by atoms with E-state index in [-0.39, 0.29) is 17.2 Å². The first-order valence-electron chi connectivity index (χ1n) is 6.87. The van der Waals surface area contributed by atoms with Crippen molar-refractivity contribution >= 4 is 23.1 Å². The minimum atomic E-state index is -0.610. The number of benzene rings is 1. The van der Waals surface area contributed by atoms with E-state index in [1.807, 2.05) is 6.92 Å². The van der Waals surface area contributed by atoms with Gasteiger partial charge in [0.15, 0.2) is 0 Å². The van der Waals surface area contributed by atoms with Gasteiger partial charge in [-0.3, -0.25) is 4.79 Å². The largest absolute Gasteiger partial charge is 0.507 e. The Morgan fingerprint density at radius 2 is 2.00 bits per heavy atom. The summed E-state index contributed by atoms with van der Waals surface area (Å²) in [6.45, 7) is 1.88. The highest BCUT2D eigenvalue weighted by atomic mass is 32.1. The predicted octanol–water partition coefficient (Wildman–Crippen LogP) is 2.42. The van der Waals surface area contributed by atoms with E-state index in [1.54, 1.807) is 12.1 Å². The van der Waals surface area contributed by atoms with Gasteiger partial charge in [0.25, 0.3) is 5.91 Å².